The van der Waals surface area contributed by atoms with Crippen molar-refractivity contribution in [2.75, 3.05) is 6.54 Å². The lowest BCUT2D eigenvalue weighted by Gasteiger charge is -2.11. The summed E-state index contributed by atoms with van der Waals surface area (Å²) >= 11 is 5.85. The molecule has 0 saturated carbocycles. The van der Waals surface area contributed by atoms with E-state index in [4.69, 9.17) is 16.7 Å². The van der Waals surface area contributed by atoms with Gasteiger partial charge in [0.25, 0.3) is 11.8 Å². The minimum Gasteiger partial charge on any atom is -0.481 e. The van der Waals surface area contributed by atoms with Crippen LogP contribution in [0.4, 0.5) is 0 Å². The molecule has 0 saturated heterocycles. The van der Waals surface area contributed by atoms with Crippen LogP contribution >= 0.6 is 11.6 Å². The first-order chi connectivity index (χ1) is 12.5. The molecule has 2 aromatic carbocycles. The molecule has 0 fully saturated rings. The van der Waals surface area contributed by atoms with E-state index in [0.29, 0.717) is 16.1 Å². The highest BCUT2D eigenvalue weighted by Gasteiger charge is 2.14. The number of rotatable bonds is 7. The first kappa shape index (κ1) is 19.2. The maximum Gasteiger partial charge on any atom is 0.305 e. The van der Waals surface area contributed by atoms with Gasteiger partial charge in [-0.3, -0.25) is 14.4 Å². The minimum atomic E-state index is -1.03. The number of carboxylic acids is 1. The minimum absolute atomic E-state index is 0.00608. The second-order valence-corrected chi connectivity index (χ2v) is 5.77. The van der Waals surface area contributed by atoms with Gasteiger partial charge in [0.1, 0.15) is 5.70 Å². The molecule has 0 radical (unpaired) electrons. The van der Waals surface area contributed by atoms with Gasteiger partial charge in [-0.05, 0) is 35.9 Å². The van der Waals surface area contributed by atoms with Crippen molar-refractivity contribution in [3.8, 4) is 0 Å². The lowest BCUT2D eigenvalue weighted by atomic mass is 10.1. The number of benzene rings is 2. The fraction of sp³-hybridized carbons (Fsp3) is 0.105. The smallest absolute Gasteiger partial charge is 0.305 e. The zero-order valence-electron chi connectivity index (χ0n) is 13.7. The van der Waals surface area contributed by atoms with Gasteiger partial charge in [-0.25, -0.2) is 0 Å². The van der Waals surface area contributed by atoms with Crippen LogP contribution in [0.25, 0.3) is 6.08 Å². The molecule has 0 atom stereocenters. The first-order valence-corrected chi connectivity index (χ1v) is 8.17. The summed E-state index contributed by atoms with van der Waals surface area (Å²) in [4.78, 5) is 35.3. The molecule has 134 valence electrons. The van der Waals surface area contributed by atoms with Crippen molar-refractivity contribution in [1.29, 1.82) is 0 Å². The van der Waals surface area contributed by atoms with Gasteiger partial charge < -0.3 is 15.7 Å². The summed E-state index contributed by atoms with van der Waals surface area (Å²) in [5, 5.41) is 14.3. The van der Waals surface area contributed by atoms with Gasteiger partial charge in [-0.1, -0.05) is 41.9 Å². The van der Waals surface area contributed by atoms with Crippen LogP contribution in [0.2, 0.25) is 5.02 Å². The number of halogens is 1. The Bertz CT molecular complexity index is 817. The number of hydrogen-bond acceptors (Lipinski definition) is 3. The maximum absolute atomic E-state index is 12.3. The average molecular weight is 373 g/mol. The Balaban J connectivity index is 2.20. The molecule has 0 heterocycles. The van der Waals surface area contributed by atoms with Gasteiger partial charge >= 0.3 is 5.97 Å². The zero-order valence-corrected chi connectivity index (χ0v) is 14.5. The summed E-state index contributed by atoms with van der Waals surface area (Å²) in [6.45, 7) is -0.0483. The molecule has 0 aromatic heterocycles. The van der Waals surface area contributed by atoms with Gasteiger partial charge in [0.15, 0.2) is 0 Å². The van der Waals surface area contributed by atoms with Crippen LogP contribution < -0.4 is 10.6 Å². The second kappa shape index (κ2) is 9.39. The number of aliphatic carboxylic acids is 1. The Hall–Kier alpha value is -3.12. The summed E-state index contributed by atoms with van der Waals surface area (Å²) in [5.41, 5.74) is 1.06. The SMILES string of the molecule is O=C(O)CCNC(=O)C(=Cc1ccc(Cl)cc1)NC(=O)c1ccccc1. The van der Waals surface area contributed by atoms with Gasteiger partial charge in [0.2, 0.25) is 0 Å². The summed E-state index contributed by atoms with van der Waals surface area (Å²) in [6.07, 6.45) is 1.28. The van der Waals surface area contributed by atoms with E-state index in [-0.39, 0.29) is 18.7 Å². The molecule has 26 heavy (non-hydrogen) atoms. The van der Waals surface area contributed by atoms with Crippen molar-refractivity contribution in [2.24, 2.45) is 0 Å². The second-order valence-electron chi connectivity index (χ2n) is 5.33. The third-order valence-electron chi connectivity index (χ3n) is 3.33. The lowest BCUT2D eigenvalue weighted by molar-refractivity contribution is -0.136. The Kier molecular flexibility index (Phi) is 6.93. The molecular weight excluding hydrogens is 356 g/mol. The summed E-state index contributed by atoms with van der Waals surface area (Å²) in [6, 6.07) is 15.2. The number of nitrogens with one attached hydrogen (secondary N) is 2. The molecule has 0 bridgehead atoms. The van der Waals surface area contributed by atoms with E-state index in [2.05, 4.69) is 10.6 Å². The predicted octanol–water partition coefficient (Wildman–Crippen LogP) is 2.70. The van der Waals surface area contributed by atoms with E-state index in [0.717, 1.165) is 0 Å². The molecule has 6 nitrogen and oxygen atoms in total. The maximum atomic E-state index is 12.3. The van der Waals surface area contributed by atoms with E-state index in [1.54, 1.807) is 54.6 Å². The molecule has 0 spiro atoms. The van der Waals surface area contributed by atoms with Crippen molar-refractivity contribution in [3.63, 3.8) is 0 Å². The van der Waals surface area contributed by atoms with E-state index in [1.165, 1.54) is 6.08 Å². The van der Waals surface area contributed by atoms with Crippen LogP contribution in [0.1, 0.15) is 22.3 Å². The van der Waals surface area contributed by atoms with Gasteiger partial charge in [-0.15, -0.1) is 0 Å². The Labute approximate surface area is 155 Å². The molecule has 0 aliphatic heterocycles. The molecule has 2 amide bonds. The third kappa shape index (κ3) is 6.07. The van der Waals surface area contributed by atoms with E-state index >= 15 is 0 Å². The molecule has 3 N–H and O–H groups in total. The fourth-order valence-electron chi connectivity index (χ4n) is 2.05. The van der Waals surface area contributed by atoms with Crippen LogP contribution in [0, 0.1) is 0 Å². The molecular formula is C19H17ClN2O4. The van der Waals surface area contributed by atoms with Crippen molar-refractivity contribution >= 4 is 35.5 Å². The average Bonchev–Trinajstić information content (AvgIpc) is 2.63. The van der Waals surface area contributed by atoms with Crippen LogP contribution in [-0.4, -0.2) is 29.4 Å². The lowest BCUT2D eigenvalue weighted by Crippen LogP contribution is -2.35. The monoisotopic (exact) mass is 372 g/mol. The molecule has 7 heteroatoms. The number of carboxylic acid groups (broad SMARTS) is 1. The molecule has 0 unspecified atom stereocenters. The van der Waals surface area contributed by atoms with Crippen LogP contribution in [0.15, 0.2) is 60.3 Å². The quantitative estimate of drug-likeness (QED) is 0.651. The van der Waals surface area contributed by atoms with Crippen LogP contribution in [0.3, 0.4) is 0 Å². The topological polar surface area (TPSA) is 95.5 Å². The zero-order chi connectivity index (χ0) is 18.9. The van der Waals surface area contributed by atoms with Crippen molar-refractivity contribution < 1.29 is 19.5 Å². The molecule has 0 aliphatic carbocycles. The van der Waals surface area contributed by atoms with Crippen molar-refractivity contribution in [2.45, 2.75) is 6.42 Å². The molecule has 2 aromatic rings. The summed E-state index contributed by atoms with van der Waals surface area (Å²) < 4.78 is 0. The highest BCUT2D eigenvalue weighted by Crippen LogP contribution is 2.12. The number of carbonyl (C=O) groups excluding carboxylic acids is 2. The van der Waals surface area contributed by atoms with E-state index in [1.807, 2.05) is 0 Å². The Morgan fingerprint density at radius 2 is 1.65 bits per heavy atom. The third-order valence-corrected chi connectivity index (χ3v) is 3.59. The highest BCUT2D eigenvalue weighted by atomic mass is 35.5. The largest absolute Gasteiger partial charge is 0.481 e. The molecule has 0 aliphatic rings. The summed E-state index contributed by atoms with van der Waals surface area (Å²) in [5.74, 6) is -2.05. The fourth-order valence-corrected chi connectivity index (χ4v) is 2.17. The van der Waals surface area contributed by atoms with E-state index in [9.17, 15) is 14.4 Å². The standard InChI is InChI=1S/C19H17ClN2O4/c20-15-8-6-13(7-9-15)12-16(19(26)21-11-10-17(23)24)22-18(25)14-4-2-1-3-5-14/h1-9,12H,10-11H2,(H,21,26)(H,22,25)(H,23,24). The van der Waals surface area contributed by atoms with Crippen LogP contribution in [-0.2, 0) is 9.59 Å². The number of carbonyl (C=O) groups is 3. The number of amides is 2. The van der Waals surface area contributed by atoms with Gasteiger partial charge in [-0.2, -0.15) is 0 Å². The Morgan fingerprint density at radius 1 is 1.00 bits per heavy atom. The van der Waals surface area contributed by atoms with Crippen LogP contribution in [0.5, 0.6) is 0 Å². The number of hydrogen-bond donors (Lipinski definition) is 3. The van der Waals surface area contributed by atoms with Gasteiger partial charge in [0, 0.05) is 17.1 Å². The van der Waals surface area contributed by atoms with Crippen molar-refractivity contribution in [3.05, 3.63) is 76.4 Å². The Morgan fingerprint density at radius 3 is 2.27 bits per heavy atom. The predicted molar refractivity (Wildman–Crippen MR) is 98.6 cm³/mol. The van der Waals surface area contributed by atoms with E-state index < -0.39 is 17.8 Å². The highest BCUT2D eigenvalue weighted by molar-refractivity contribution is 6.30. The first-order valence-electron chi connectivity index (χ1n) is 7.79. The normalized spacial score (nSPS) is 10.9. The summed E-state index contributed by atoms with van der Waals surface area (Å²) in [7, 11) is 0. The molecule has 2 rings (SSSR count). The van der Waals surface area contributed by atoms with Gasteiger partial charge in [0.05, 0.1) is 6.42 Å². The van der Waals surface area contributed by atoms with Crippen molar-refractivity contribution in [1.82, 2.24) is 10.6 Å².